The Morgan fingerprint density at radius 3 is 1.62 bits per heavy atom. The zero-order valence-corrected chi connectivity index (χ0v) is 27.7. The molecule has 0 aliphatic rings. The van der Waals surface area contributed by atoms with Crippen molar-refractivity contribution >= 4 is 53.3 Å². The minimum absolute atomic E-state index is 0.635. The number of aromatic nitrogens is 4. The predicted molar refractivity (Wildman–Crippen MR) is 209 cm³/mol. The Labute approximate surface area is 292 Å². The minimum atomic E-state index is 0.635. The van der Waals surface area contributed by atoms with Crippen molar-refractivity contribution in [3.8, 4) is 51.0 Å². The van der Waals surface area contributed by atoms with Gasteiger partial charge < -0.3 is 4.57 Å². The van der Waals surface area contributed by atoms with Crippen LogP contribution in [0.3, 0.4) is 0 Å². The number of rotatable bonds is 5. The molecule has 0 bridgehead atoms. The lowest BCUT2D eigenvalue weighted by Gasteiger charge is -2.16. The van der Waals surface area contributed by atoms with Crippen molar-refractivity contribution in [2.75, 3.05) is 0 Å². The third-order valence-electron chi connectivity index (χ3n) is 9.46. The topological polar surface area (TPSA) is 43.6 Å². The van der Waals surface area contributed by atoms with Gasteiger partial charge in [0, 0.05) is 48.5 Å². The van der Waals surface area contributed by atoms with Crippen LogP contribution < -0.4 is 0 Å². The molecule has 3 aromatic heterocycles. The van der Waals surface area contributed by atoms with E-state index < -0.39 is 0 Å². The average Bonchev–Trinajstić information content (AvgIpc) is 3.75. The van der Waals surface area contributed by atoms with Crippen molar-refractivity contribution in [3.05, 3.63) is 170 Å². The van der Waals surface area contributed by atoms with Gasteiger partial charge in [-0.05, 0) is 35.9 Å². The number of nitrogens with zero attached hydrogens (tertiary/aromatic N) is 4. The van der Waals surface area contributed by atoms with E-state index in [2.05, 4.69) is 114 Å². The maximum atomic E-state index is 5.06. The Hall–Kier alpha value is -6.43. The van der Waals surface area contributed by atoms with Crippen LogP contribution in [-0.4, -0.2) is 19.5 Å². The van der Waals surface area contributed by atoms with Gasteiger partial charge in [-0.3, -0.25) is 0 Å². The molecule has 0 unspecified atom stereocenters. The van der Waals surface area contributed by atoms with E-state index in [4.69, 9.17) is 15.0 Å². The number of fused-ring (bicyclic) bond motifs is 7. The van der Waals surface area contributed by atoms with Crippen LogP contribution in [0.25, 0.3) is 93.0 Å². The van der Waals surface area contributed by atoms with Gasteiger partial charge in [0.25, 0.3) is 0 Å². The molecular weight excluding hydrogens is 629 g/mol. The van der Waals surface area contributed by atoms with Crippen LogP contribution in [0, 0.1) is 0 Å². The first kappa shape index (κ1) is 28.6. The molecule has 10 aromatic rings. The van der Waals surface area contributed by atoms with Gasteiger partial charge in [-0.2, -0.15) is 0 Å². The van der Waals surface area contributed by atoms with Crippen molar-refractivity contribution in [1.29, 1.82) is 0 Å². The normalized spacial score (nSPS) is 11.6. The zero-order valence-electron chi connectivity index (χ0n) is 26.9. The third-order valence-corrected chi connectivity index (χ3v) is 10.7. The van der Waals surface area contributed by atoms with Crippen molar-refractivity contribution in [1.82, 2.24) is 19.5 Å². The van der Waals surface area contributed by atoms with Crippen LogP contribution >= 0.6 is 11.3 Å². The maximum Gasteiger partial charge on any atom is 0.164 e. The number of thiophene rings is 1. The molecule has 0 N–H and O–H groups in total. The van der Waals surface area contributed by atoms with Gasteiger partial charge in [-0.25, -0.2) is 15.0 Å². The van der Waals surface area contributed by atoms with Gasteiger partial charge in [0.15, 0.2) is 17.5 Å². The minimum Gasteiger partial charge on any atom is -0.307 e. The van der Waals surface area contributed by atoms with Crippen LogP contribution in [0.2, 0.25) is 0 Å². The molecule has 0 fully saturated rings. The summed E-state index contributed by atoms with van der Waals surface area (Å²) in [6.07, 6.45) is 0. The summed E-state index contributed by atoms with van der Waals surface area (Å²) in [6, 6.07) is 59.6. The highest BCUT2D eigenvalue weighted by Crippen LogP contribution is 2.44. The molecule has 0 saturated carbocycles. The Bertz CT molecular complexity index is 2800. The number of benzene rings is 7. The second-order valence-electron chi connectivity index (χ2n) is 12.4. The van der Waals surface area contributed by atoms with Gasteiger partial charge in [-0.1, -0.05) is 140 Å². The quantitative estimate of drug-likeness (QED) is 0.185. The van der Waals surface area contributed by atoms with Gasteiger partial charge in [0.2, 0.25) is 0 Å². The van der Waals surface area contributed by atoms with Gasteiger partial charge >= 0.3 is 0 Å². The molecule has 3 heterocycles. The SMILES string of the molecule is c1ccc(-c2nc(-c3ccccc3)nc(-c3ccc(-n4c5ccccc5c5ccc6c7ccccc7sc6c54)c(-c4ccccc4)c3)n2)cc1. The van der Waals surface area contributed by atoms with E-state index in [1.165, 1.54) is 42.0 Å². The van der Waals surface area contributed by atoms with Crippen molar-refractivity contribution in [2.45, 2.75) is 0 Å². The Kier molecular flexibility index (Phi) is 6.64. The lowest BCUT2D eigenvalue weighted by atomic mass is 10.00. The molecule has 0 atom stereocenters. The van der Waals surface area contributed by atoms with Crippen LogP contribution in [-0.2, 0) is 0 Å². The lowest BCUT2D eigenvalue weighted by molar-refractivity contribution is 1.07. The summed E-state index contributed by atoms with van der Waals surface area (Å²) in [5.41, 5.74) is 8.57. The van der Waals surface area contributed by atoms with Gasteiger partial charge in [0.05, 0.1) is 21.4 Å². The van der Waals surface area contributed by atoms with E-state index >= 15 is 0 Å². The van der Waals surface area contributed by atoms with Gasteiger partial charge in [0.1, 0.15) is 0 Å². The van der Waals surface area contributed by atoms with Crippen LogP contribution in [0.5, 0.6) is 0 Å². The molecule has 4 nitrogen and oxygen atoms in total. The second-order valence-corrected chi connectivity index (χ2v) is 13.5. The van der Waals surface area contributed by atoms with E-state index in [0.29, 0.717) is 17.5 Å². The van der Waals surface area contributed by atoms with Crippen LogP contribution in [0.15, 0.2) is 170 Å². The average molecular weight is 657 g/mol. The first-order valence-corrected chi connectivity index (χ1v) is 17.5. The molecule has 0 spiro atoms. The predicted octanol–water partition coefficient (Wildman–Crippen LogP) is 12.0. The van der Waals surface area contributed by atoms with Gasteiger partial charge in [-0.15, -0.1) is 11.3 Å². The summed E-state index contributed by atoms with van der Waals surface area (Å²) in [4.78, 5) is 15.1. The fourth-order valence-electron chi connectivity index (χ4n) is 7.14. The van der Waals surface area contributed by atoms with E-state index in [9.17, 15) is 0 Å². The molecule has 0 radical (unpaired) electrons. The molecule has 0 aliphatic heterocycles. The monoisotopic (exact) mass is 656 g/mol. The smallest absolute Gasteiger partial charge is 0.164 e. The van der Waals surface area contributed by atoms with Crippen molar-refractivity contribution in [2.24, 2.45) is 0 Å². The second kappa shape index (κ2) is 11.6. The summed E-state index contributed by atoms with van der Waals surface area (Å²) in [7, 11) is 0. The lowest BCUT2D eigenvalue weighted by Crippen LogP contribution is -2.02. The first-order valence-electron chi connectivity index (χ1n) is 16.7. The fourth-order valence-corrected chi connectivity index (χ4v) is 8.38. The van der Waals surface area contributed by atoms with E-state index in [0.717, 1.165) is 33.5 Å². The highest BCUT2D eigenvalue weighted by molar-refractivity contribution is 7.26. The summed E-state index contributed by atoms with van der Waals surface area (Å²) < 4.78 is 5.05. The van der Waals surface area contributed by atoms with Crippen LogP contribution in [0.4, 0.5) is 0 Å². The molecule has 234 valence electrons. The molecule has 0 aliphatic carbocycles. The maximum absolute atomic E-state index is 5.06. The summed E-state index contributed by atoms with van der Waals surface area (Å²) in [6.45, 7) is 0. The molecule has 10 rings (SSSR count). The molecule has 0 saturated heterocycles. The molecule has 50 heavy (non-hydrogen) atoms. The number of para-hydroxylation sites is 1. The molecular formula is C45H28N4S. The highest BCUT2D eigenvalue weighted by Gasteiger charge is 2.21. The molecule has 0 amide bonds. The molecule has 5 heteroatoms. The Morgan fingerprint density at radius 1 is 0.400 bits per heavy atom. The summed E-state index contributed by atoms with van der Waals surface area (Å²) in [5.74, 6) is 1.93. The largest absolute Gasteiger partial charge is 0.307 e. The number of hydrogen-bond acceptors (Lipinski definition) is 4. The van der Waals surface area contributed by atoms with Crippen molar-refractivity contribution in [3.63, 3.8) is 0 Å². The van der Waals surface area contributed by atoms with Crippen LogP contribution in [0.1, 0.15) is 0 Å². The Morgan fingerprint density at radius 2 is 0.940 bits per heavy atom. The number of hydrogen-bond donors (Lipinski definition) is 0. The van der Waals surface area contributed by atoms with E-state index in [1.54, 1.807) is 0 Å². The third kappa shape index (κ3) is 4.63. The summed E-state index contributed by atoms with van der Waals surface area (Å²) in [5, 5.41) is 5.07. The fraction of sp³-hybridized carbons (Fsp3) is 0. The standard InChI is InChI=1S/C45H28N4S/c1-4-14-29(15-5-1)37-28-32(45-47-43(30-16-6-2-7-17-30)46-44(48-45)31-18-8-3-9-19-31)24-27-39(37)49-38-22-12-10-20-33(38)35-25-26-36-34-21-11-13-23-40(34)50-42(36)41(35)49/h1-28H. The molecule has 7 aromatic carbocycles. The van der Waals surface area contributed by atoms with E-state index in [-0.39, 0.29) is 0 Å². The van der Waals surface area contributed by atoms with Crippen molar-refractivity contribution < 1.29 is 0 Å². The first-order chi connectivity index (χ1) is 24.8. The Balaban J connectivity index is 1.26. The van der Waals surface area contributed by atoms with E-state index in [1.807, 2.05) is 72.0 Å². The summed E-state index contributed by atoms with van der Waals surface area (Å²) >= 11 is 1.87. The highest BCUT2D eigenvalue weighted by atomic mass is 32.1. The zero-order chi connectivity index (χ0) is 33.0.